The van der Waals surface area contributed by atoms with E-state index < -0.39 is 6.23 Å². The summed E-state index contributed by atoms with van der Waals surface area (Å²) in [6, 6.07) is 9.96. The van der Waals surface area contributed by atoms with E-state index in [1.807, 2.05) is 40.8 Å². The van der Waals surface area contributed by atoms with Gasteiger partial charge < -0.3 is 19.5 Å². The number of fused-ring (bicyclic) bond motifs is 1. The molecule has 7 nitrogen and oxygen atoms in total. The zero-order valence-electron chi connectivity index (χ0n) is 16.5. The van der Waals surface area contributed by atoms with Gasteiger partial charge in [0.25, 0.3) is 5.88 Å². The van der Waals surface area contributed by atoms with Gasteiger partial charge in [0.05, 0.1) is 14.2 Å². The van der Waals surface area contributed by atoms with E-state index in [1.165, 1.54) is 0 Å². The third-order valence-electron chi connectivity index (χ3n) is 5.18. The Morgan fingerprint density at radius 1 is 1.14 bits per heavy atom. The van der Waals surface area contributed by atoms with E-state index in [2.05, 4.69) is 23.1 Å². The quantitative estimate of drug-likeness (QED) is 0.732. The van der Waals surface area contributed by atoms with Crippen LogP contribution in [0.5, 0.6) is 11.6 Å². The molecule has 0 bridgehead atoms. The SMILES string of the molecule is CCn1nc(N2Cc3cc(-c4cnc(OC)c(OC)c4)ccc3C2O)cc1C. The number of nitrogens with zero attached hydrogens (tertiary/aromatic N) is 4. The molecule has 1 aromatic carbocycles. The molecule has 1 aliphatic rings. The molecule has 0 fully saturated rings. The Kier molecular flexibility index (Phi) is 4.68. The van der Waals surface area contributed by atoms with Crippen molar-refractivity contribution < 1.29 is 14.6 Å². The number of hydrogen-bond donors (Lipinski definition) is 1. The van der Waals surface area contributed by atoms with Gasteiger partial charge in [-0.25, -0.2) is 4.98 Å². The highest BCUT2D eigenvalue weighted by molar-refractivity contribution is 5.68. The van der Waals surface area contributed by atoms with E-state index in [0.717, 1.165) is 40.3 Å². The summed E-state index contributed by atoms with van der Waals surface area (Å²) in [5.41, 5.74) is 5.00. The molecule has 0 amide bonds. The standard InChI is InChI=1S/C21H24N4O3/c1-5-25-13(2)8-19(23-25)24-12-16-9-14(6-7-17(16)21(24)26)15-10-18(27-3)20(28-4)22-11-15/h6-11,21,26H,5,12H2,1-4H3. The lowest BCUT2D eigenvalue weighted by Crippen LogP contribution is -2.21. The second-order valence-corrected chi connectivity index (χ2v) is 6.81. The molecule has 1 atom stereocenters. The van der Waals surface area contributed by atoms with E-state index in [4.69, 9.17) is 9.47 Å². The van der Waals surface area contributed by atoms with Crippen LogP contribution in [0, 0.1) is 6.92 Å². The Labute approximate surface area is 164 Å². The van der Waals surface area contributed by atoms with Crippen LogP contribution in [0.3, 0.4) is 0 Å². The third kappa shape index (κ3) is 2.97. The van der Waals surface area contributed by atoms with Crippen LogP contribution in [0.4, 0.5) is 5.82 Å². The van der Waals surface area contributed by atoms with Crippen molar-refractivity contribution in [1.29, 1.82) is 0 Å². The van der Waals surface area contributed by atoms with Gasteiger partial charge in [0, 0.05) is 42.2 Å². The number of aliphatic hydroxyl groups is 1. The monoisotopic (exact) mass is 380 g/mol. The van der Waals surface area contributed by atoms with Gasteiger partial charge in [-0.2, -0.15) is 5.10 Å². The Bertz CT molecular complexity index is 1010. The first-order chi connectivity index (χ1) is 13.5. The van der Waals surface area contributed by atoms with Crippen LogP contribution in [-0.4, -0.2) is 34.1 Å². The van der Waals surface area contributed by atoms with Crippen molar-refractivity contribution in [2.24, 2.45) is 0 Å². The number of hydrogen-bond acceptors (Lipinski definition) is 6. The number of methoxy groups -OCH3 is 2. The van der Waals surface area contributed by atoms with Crippen LogP contribution >= 0.6 is 0 Å². The van der Waals surface area contributed by atoms with Gasteiger partial charge in [-0.15, -0.1) is 0 Å². The number of pyridine rings is 1. The third-order valence-corrected chi connectivity index (χ3v) is 5.18. The lowest BCUT2D eigenvalue weighted by atomic mass is 10.0. The second kappa shape index (κ2) is 7.16. The Balaban J connectivity index is 1.66. The van der Waals surface area contributed by atoms with Gasteiger partial charge in [-0.1, -0.05) is 12.1 Å². The Morgan fingerprint density at radius 2 is 1.96 bits per heavy atom. The molecule has 28 heavy (non-hydrogen) atoms. The number of aromatic nitrogens is 3. The lowest BCUT2D eigenvalue weighted by Gasteiger charge is -2.19. The number of aliphatic hydroxyl groups excluding tert-OH is 1. The summed E-state index contributed by atoms with van der Waals surface area (Å²) in [6.07, 6.45) is 1.06. The predicted octanol–water partition coefficient (Wildman–Crippen LogP) is 3.30. The zero-order valence-corrected chi connectivity index (χ0v) is 16.5. The number of benzene rings is 1. The Morgan fingerprint density at radius 3 is 2.64 bits per heavy atom. The summed E-state index contributed by atoms with van der Waals surface area (Å²) in [5, 5.41) is 15.4. The normalized spacial score (nSPS) is 15.6. The average molecular weight is 380 g/mol. The fourth-order valence-corrected chi connectivity index (χ4v) is 3.66. The van der Waals surface area contributed by atoms with E-state index in [1.54, 1.807) is 20.4 Å². The molecule has 0 aliphatic carbocycles. The number of rotatable bonds is 5. The van der Waals surface area contributed by atoms with E-state index >= 15 is 0 Å². The van der Waals surface area contributed by atoms with Gasteiger partial charge in [0.15, 0.2) is 17.8 Å². The van der Waals surface area contributed by atoms with Gasteiger partial charge in [0.1, 0.15) is 0 Å². The van der Waals surface area contributed by atoms with Crippen molar-refractivity contribution in [1.82, 2.24) is 14.8 Å². The maximum atomic E-state index is 10.8. The molecule has 7 heteroatoms. The second-order valence-electron chi connectivity index (χ2n) is 6.81. The number of aryl methyl sites for hydroxylation is 2. The molecule has 2 aromatic heterocycles. The zero-order chi connectivity index (χ0) is 19.8. The molecule has 1 N–H and O–H groups in total. The molecular weight excluding hydrogens is 356 g/mol. The summed E-state index contributed by atoms with van der Waals surface area (Å²) in [6.45, 7) is 5.49. The van der Waals surface area contributed by atoms with Gasteiger partial charge in [0.2, 0.25) is 0 Å². The summed E-state index contributed by atoms with van der Waals surface area (Å²) < 4.78 is 12.5. The summed E-state index contributed by atoms with van der Waals surface area (Å²) in [7, 11) is 3.16. The highest BCUT2D eigenvalue weighted by Gasteiger charge is 2.30. The highest BCUT2D eigenvalue weighted by atomic mass is 16.5. The van der Waals surface area contributed by atoms with E-state index in [0.29, 0.717) is 18.2 Å². The highest BCUT2D eigenvalue weighted by Crippen LogP contribution is 2.38. The summed E-state index contributed by atoms with van der Waals surface area (Å²) in [4.78, 5) is 6.23. The van der Waals surface area contributed by atoms with Crippen molar-refractivity contribution in [3.05, 3.63) is 53.3 Å². The minimum absolute atomic E-state index is 0.455. The minimum Gasteiger partial charge on any atom is -0.491 e. The van der Waals surface area contributed by atoms with E-state index in [-0.39, 0.29) is 0 Å². The maximum absolute atomic E-state index is 10.8. The topological polar surface area (TPSA) is 72.6 Å². The largest absolute Gasteiger partial charge is 0.491 e. The Hall–Kier alpha value is -3.06. The lowest BCUT2D eigenvalue weighted by molar-refractivity contribution is 0.180. The van der Waals surface area contributed by atoms with Crippen LogP contribution in [0.2, 0.25) is 0 Å². The first kappa shape index (κ1) is 18.3. The van der Waals surface area contributed by atoms with Crippen LogP contribution in [0.1, 0.15) is 30.0 Å². The molecule has 0 spiro atoms. The smallest absolute Gasteiger partial charge is 0.256 e. The first-order valence-electron chi connectivity index (χ1n) is 9.26. The van der Waals surface area contributed by atoms with Gasteiger partial charge in [-0.3, -0.25) is 4.68 Å². The van der Waals surface area contributed by atoms with Crippen molar-refractivity contribution in [2.45, 2.75) is 33.2 Å². The molecule has 0 saturated heterocycles. The van der Waals surface area contributed by atoms with Crippen molar-refractivity contribution in [3.63, 3.8) is 0 Å². The summed E-state index contributed by atoms with van der Waals surface area (Å²) >= 11 is 0. The average Bonchev–Trinajstić information content (AvgIpc) is 3.26. The van der Waals surface area contributed by atoms with Crippen LogP contribution < -0.4 is 14.4 Å². The van der Waals surface area contributed by atoms with E-state index in [9.17, 15) is 5.11 Å². The van der Waals surface area contributed by atoms with Crippen molar-refractivity contribution >= 4 is 5.82 Å². The molecule has 3 aromatic rings. The van der Waals surface area contributed by atoms with Crippen LogP contribution in [0.25, 0.3) is 11.1 Å². The molecule has 146 valence electrons. The molecule has 0 radical (unpaired) electrons. The first-order valence-corrected chi connectivity index (χ1v) is 9.26. The molecule has 1 unspecified atom stereocenters. The van der Waals surface area contributed by atoms with Crippen molar-refractivity contribution in [2.75, 3.05) is 19.1 Å². The minimum atomic E-state index is -0.702. The molecule has 0 saturated carbocycles. The fourth-order valence-electron chi connectivity index (χ4n) is 3.66. The number of ether oxygens (including phenoxy) is 2. The predicted molar refractivity (Wildman–Crippen MR) is 107 cm³/mol. The van der Waals surface area contributed by atoms with Crippen LogP contribution in [0.15, 0.2) is 36.5 Å². The van der Waals surface area contributed by atoms with Gasteiger partial charge in [-0.05, 0) is 37.1 Å². The van der Waals surface area contributed by atoms with Crippen molar-refractivity contribution in [3.8, 4) is 22.8 Å². The maximum Gasteiger partial charge on any atom is 0.256 e. The number of anilines is 1. The molecule has 3 heterocycles. The molecular formula is C21H24N4O3. The summed E-state index contributed by atoms with van der Waals surface area (Å²) in [5.74, 6) is 1.83. The van der Waals surface area contributed by atoms with Gasteiger partial charge >= 0.3 is 0 Å². The molecule has 1 aliphatic heterocycles. The van der Waals surface area contributed by atoms with Crippen LogP contribution in [-0.2, 0) is 13.1 Å². The fraction of sp³-hybridized carbons (Fsp3) is 0.333. The molecule has 4 rings (SSSR count).